The van der Waals surface area contributed by atoms with Crippen LogP contribution in [0.15, 0.2) is 58.1 Å². The lowest BCUT2D eigenvalue weighted by atomic mass is 10.00. The van der Waals surface area contributed by atoms with Crippen molar-refractivity contribution in [3.63, 3.8) is 0 Å². The minimum absolute atomic E-state index is 0.177. The Bertz CT molecular complexity index is 1210. The molecule has 0 saturated carbocycles. The molecule has 2 aromatic carbocycles. The number of nitrogens with zero attached hydrogens (tertiary/aromatic N) is 4. The van der Waals surface area contributed by atoms with Crippen LogP contribution < -0.4 is 15.9 Å². The minimum atomic E-state index is -0.542. The quantitative estimate of drug-likeness (QED) is 0.593. The molecule has 3 heterocycles. The molecule has 7 nitrogen and oxygen atoms in total. The molecule has 0 N–H and O–H groups in total. The molecule has 160 valence electrons. The lowest BCUT2D eigenvalue weighted by Crippen LogP contribution is -2.44. The Morgan fingerprint density at radius 3 is 2.29 bits per heavy atom. The van der Waals surface area contributed by atoms with E-state index in [2.05, 4.69) is 22.1 Å². The number of aromatic nitrogens is 3. The van der Waals surface area contributed by atoms with Crippen LogP contribution in [0.25, 0.3) is 0 Å². The lowest BCUT2D eigenvalue weighted by Gasteiger charge is -2.18. The molecule has 31 heavy (non-hydrogen) atoms. The van der Waals surface area contributed by atoms with Gasteiger partial charge in [0.15, 0.2) is 0 Å². The zero-order chi connectivity index (χ0) is 21.5. The summed E-state index contributed by atoms with van der Waals surface area (Å²) in [7, 11) is 1.67. The van der Waals surface area contributed by atoms with Gasteiger partial charge in [-0.3, -0.25) is 19.1 Å². The molecule has 2 aliphatic heterocycles. The molecule has 2 unspecified atom stereocenters. The first kappa shape index (κ1) is 19.8. The molecule has 0 aliphatic carbocycles. The molecule has 5 rings (SSSR count). The standard InChI is InChI=1S/C24H26N4O3/c1-16-3-5-18(6-4-16)12-28-24(30)23(29)27-14-19-13-26(15-21(19)22(27)25-28)11-17-7-9-20(31-2)10-8-17/h3-10,19,21H,11-15H2,1-2H3. The van der Waals surface area contributed by atoms with Crippen LogP contribution in [0.3, 0.4) is 0 Å². The highest BCUT2D eigenvalue weighted by Crippen LogP contribution is 2.37. The Hall–Kier alpha value is -3.19. The van der Waals surface area contributed by atoms with Gasteiger partial charge in [0.1, 0.15) is 11.6 Å². The number of hydrogen-bond acceptors (Lipinski definition) is 5. The maximum atomic E-state index is 12.8. The van der Waals surface area contributed by atoms with E-state index >= 15 is 0 Å². The molecular weight excluding hydrogens is 392 g/mol. The summed E-state index contributed by atoms with van der Waals surface area (Å²) >= 11 is 0. The summed E-state index contributed by atoms with van der Waals surface area (Å²) in [4.78, 5) is 27.8. The smallest absolute Gasteiger partial charge is 0.332 e. The maximum absolute atomic E-state index is 12.8. The van der Waals surface area contributed by atoms with Gasteiger partial charge < -0.3 is 4.74 Å². The first-order chi connectivity index (χ1) is 15.0. The van der Waals surface area contributed by atoms with E-state index in [-0.39, 0.29) is 5.92 Å². The van der Waals surface area contributed by atoms with Crippen molar-refractivity contribution in [1.82, 2.24) is 19.2 Å². The molecule has 7 heteroatoms. The molecule has 1 aromatic heterocycles. The Morgan fingerprint density at radius 1 is 0.903 bits per heavy atom. The van der Waals surface area contributed by atoms with Crippen molar-refractivity contribution in [3.8, 4) is 5.75 Å². The molecule has 0 amide bonds. The average molecular weight is 418 g/mol. The van der Waals surface area contributed by atoms with Gasteiger partial charge >= 0.3 is 11.1 Å². The van der Waals surface area contributed by atoms with Crippen LogP contribution in [0.4, 0.5) is 0 Å². The summed E-state index contributed by atoms with van der Waals surface area (Å²) in [6, 6.07) is 16.1. The summed E-state index contributed by atoms with van der Waals surface area (Å²) in [5.74, 6) is 2.09. The van der Waals surface area contributed by atoms with Crippen LogP contribution >= 0.6 is 0 Å². The molecule has 2 atom stereocenters. The second-order valence-corrected chi connectivity index (χ2v) is 8.63. The van der Waals surface area contributed by atoms with Crippen molar-refractivity contribution in [2.24, 2.45) is 5.92 Å². The number of benzene rings is 2. The monoisotopic (exact) mass is 418 g/mol. The van der Waals surface area contributed by atoms with E-state index in [0.717, 1.165) is 42.3 Å². The Balaban J connectivity index is 1.37. The molecule has 1 saturated heterocycles. The van der Waals surface area contributed by atoms with E-state index in [0.29, 0.717) is 19.0 Å². The number of hydrogen-bond donors (Lipinski definition) is 0. The molecule has 0 bridgehead atoms. The van der Waals surface area contributed by atoms with Gasteiger partial charge in [0, 0.05) is 38.0 Å². The molecule has 0 radical (unpaired) electrons. The third-order valence-electron chi connectivity index (χ3n) is 6.45. The number of fused-ring (bicyclic) bond motifs is 3. The minimum Gasteiger partial charge on any atom is -0.497 e. The van der Waals surface area contributed by atoms with Gasteiger partial charge in [-0.1, -0.05) is 42.0 Å². The van der Waals surface area contributed by atoms with E-state index in [4.69, 9.17) is 4.74 Å². The number of rotatable bonds is 5. The lowest BCUT2D eigenvalue weighted by molar-refractivity contribution is 0.303. The van der Waals surface area contributed by atoms with E-state index in [1.807, 2.05) is 43.3 Å². The van der Waals surface area contributed by atoms with E-state index in [1.165, 1.54) is 10.2 Å². The summed E-state index contributed by atoms with van der Waals surface area (Å²) in [6.07, 6.45) is 0. The predicted molar refractivity (Wildman–Crippen MR) is 118 cm³/mol. The highest BCUT2D eigenvalue weighted by atomic mass is 16.5. The Labute approximate surface area is 180 Å². The number of methoxy groups -OCH3 is 1. The third kappa shape index (κ3) is 3.70. The summed E-state index contributed by atoms with van der Waals surface area (Å²) in [5.41, 5.74) is 2.36. The fourth-order valence-electron chi connectivity index (χ4n) is 4.77. The van der Waals surface area contributed by atoms with Gasteiger partial charge in [0.2, 0.25) is 0 Å². The van der Waals surface area contributed by atoms with Crippen molar-refractivity contribution in [1.29, 1.82) is 0 Å². The highest BCUT2D eigenvalue weighted by Gasteiger charge is 2.42. The fourth-order valence-corrected chi connectivity index (χ4v) is 4.77. The van der Waals surface area contributed by atoms with Crippen LogP contribution in [0.1, 0.15) is 28.4 Å². The van der Waals surface area contributed by atoms with Crippen molar-refractivity contribution in [2.75, 3.05) is 20.2 Å². The van der Waals surface area contributed by atoms with Gasteiger partial charge in [-0.25, -0.2) is 4.68 Å². The molecule has 3 aromatic rings. The average Bonchev–Trinajstić information content (AvgIpc) is 3.32. The fraction of sp³-hybridized carbons (Fsp3) is 0.375. The van der Waals surface area contributed by atoms with Crippen LogP contribution in [-0.2, 0) is 19.6 Å². The van der Waals surface area contributed by atoms with Crippen molar-refractivity contribution in [3.05, 3.63) is 91.8 Å². The molecule has 1 fully saturated rings. The van der Waals surface area contributed by atoms with Crippen LogP contribution in [-0.4, -0.2) is 39.4 Å². The number of likely N-dealkylation sites (tertiary alicyclic amines) is 1. The van der Waals surface area contributed by atoms with Crippen molar-refractivity contribution >= 4 is 0 Å². The summed E-state index contributed by atoms with van der Waals surface area (Å²) in [5, 5.41) is 4.66. The van der Waals surface area contributed by atoms with Crippen molar-refractivity contribution < 1.29 is 4.74 Å². The Morgan fingerprint density at radius 2 is 1.58 bits per heavy atom. The number of ether oxygens (including phenoxy) is 1. The van der Waals surface area contributed by atoms with Crippen LogP contribution in [0.2, 0.25) is 0 Å². The second kappa shape index (κ2) is 7.81. The Kier molecular flexibility index (Phi) is 4.98. The second-order valence-electron chi connectivity index (χ2n) is 8.63. The van der Waals surface area contributed by atoms with Gasteiger partial charge in [-0.15, -0.1) is 0 Å². The van der Waals surface area contributed by atoms with Crippen LogP contribution in [0, 0.1) is 12.8 Å². The maximum Gasteiger partial charge on any atom is 0.332 e. The number of aryl methyl sites for hydroxylation is 1. The van der Waals surface area contributed by atoms with Gasteiger partial charge in [0.05, 0.1) is 13.7 Å². The first-order valence-corrected chi connectivity index (χ1v) is 10.6. The summed E-state index contributed by atoms with van der Waals surface area (Å²) < 4.78 is 8.18. The third-order valence-corrected chi connectivity index (χ3v) is 6.45. The molecule has 0 spiro atoms. The summed E-state index contributed by atoms with van der Waals surface area (Å²) in [6.45, 7) is 5.50. The predicted octanol–water partition coefficient (Wildman–Crippen LogP) is 2.00. The normalized spacial score (nSPS) is 19.9. The highest BCUT2D eigenvalue weighted by molar-refractivity contribution is 5.27. The van der Waals surface area contributed by atoms with E-state index < -0.39 is 11.1 Å². The SMILES string of the molecule is COc1ccc(CN2CC3Cn4c(nn(Cc5ccc(C)cc5)c(=O)c4=O)C3C2)cc1. The first-order valence-electron chi connectivity index (χ1n) is 10.6. The van der Waals surface area contributed by atoms with Gasteiger partial charge in [0.25, 0.3) is 0 Å². The topological polar surface area (TPSA) is 69.4 Å². The largest absolute Gasteiger partial charge is 0.497 e. The molecular formula is C24H26N4O3. The zero-order valence-electron chi connectivity index (χ0n) is 17.8. The van der Waals surface area contributed by atoms with Crippen molar-refractivity contribution in [2.45, 2.75) is 32.5 Å². The van der Waals surface area contributed by atoms with E-state index in [9.17, 15) is 9.59 Å². The van der Waals surface area contributed by atoms with Gasteiger partial charge in [-0.05, 0) is 30.2 Å². The molecule has 2 aliphatic rings. The zero-order valence-corrected chi connectivity index (χ0v) is 17.8. The van der Waals surface area contributed by atoms with E-state index in [1.54, 1.807) is 11.7 Å². The van der Waals surface area contributed by atoms with Crippen LogP contribution in [0.5, 0.6) is 5.75 Å². The van der Waals surface area contributed by atoms with Gasteiger partial charge in [-0.2, -0.15) is 5.10 Å².